The summed E-state index contributed by atoms with van der Waals surface area (Å²) < 4.78 is 84.6. The lowest BCUT2D eigenvalue weighted by atomic mass is 9.87. The number of halogens is 5. The highest BCUT2D eigenvalue weighted by atomic mass is 35.5. The highest BCUT2D eigenvalue weighted by Gasteiger charge is 2.60. The van der Waals surface area contributed by atoms with E-state index in [0.29, 0.717) is 5.56 Å². The van der Waals surface area contributed by atoms with Crippen molar-refractivity contribution in [3.63, 3.8) is 0 Å². The maximum absolute atomic E-state index is 15.3. The summed E-state index contributed by atoms with van der Waals surface area (Å²) in [5, 5.41) is -0.283. The zero-order valence-corrected chi connectivity index (χ0v) is 22.7. The first-order valence-corrected chi connectivity index (χ1v) is 12.9. The normalized spacial score (nSPS) is 14.9. The highest BCUT2D eigenvalue weighted by molar-refractivity contribution is 7.90. The lowest BCUT2D eigenvalue weighted by Crippen LogP contribution is -2.58. The third-order valence-corrected chi connectivity index (χ3v) is 7.20. The molecule has 5 nitrogen and oxygen atoms in total. The largest absolute Gasteiger partial charge is 0.598 e. The Labute approximate surface area is 227 Å². The summed E-state index contributed by atoms with van der Waals surface area (Å²) in [4.78, 5) is 4.20. The van der Waals surface area contributed by atoms with Gasteiger partial charge in [-0.05, 0) is 62.7 Å². The van der Waals surface area contributed by atoms with Crippen molar-refractivity contribution >= 4 is 29.0 Å². The number of alkyl halides is 3. The molecule has 2 aromatic carbocycles. The van der Waals surface area contributed by atoms with Crippen LogP contribution in [-0.2, 0) is 21.6 Å². The molecule has 11 heteroatoms. The van der Waals surface area contributed by atoms with Gasteiger partial charge in [0.15, 0.2) is 12.5 Å². The molecule has 204 valence electrons. The van der Waals surface area contributed by atoms with Gasteiger partial charge in [-0.15, -0.1) is 4.72 Å². The predicted molar refractivity (Wildman–Crippen MR) is 141 cm³/mol. The molecule has 0 saturated carbocycles. The fourth-order valence-electron chi connectivity index (χ4n) is 3.43. The molecular weight excluding hydrogens is 544 g/mol. The lowest BCUT2D eigenvalue weighted by molar-refractivity contribution is -0.179. The number of nitrogens with zero attached hydrogens (tertiary/aromatic N) is 1. The Morgan fingerprint density at radius 1 is 1.05 bits per heavy atom. The van der Waals surface area contributed by atoms with E-state index < -0.39 is 46.0 Å². The van der Waals surface area contributed by atoms with Gasteiger partial charge >= 0.3 is 6.18 Å². The van der Waals surface area contributed by atoms with Crippen molar-refractivity contribution in [2.45, 2.75) is 37.2 Å². The molecule has 3 aromatic rings. The molecule has 1 N–H and O–H groups in total. The van der Waals surface area contributed by atoms with E-state index in [-0.39, 0.29) is 22.2 Å². The Morgan fingerprint density at radius 2 is 1.68 bits per heavy atom. The molecule has 0 aliphatic heterocycles. The zero-order valence-electron chi connectivity index (χ0n) is 21.1. The number of benzene rings is 2. The standard InChI is InChI=1S/C27H27ClF4N2O3S/c1-25(2,3)38(35)34-26(27(30,31)32,15-14-18-8-6-5-7-9-18)21-16-22(28)33-23(24(21)37-17-36-4)19-10-12-20(29)13-11-19/h5-16,34H,17H2,1-4H3/b15-14+. The van der Waals surface area contributed by atoms with Gasteiger partial charge in [0.1, 0.15) is 21.4 Å². The van der Waals surface area contributed by atoms with E-state index in [1.807, 2.05) is 0 Å². The summed E-state index contributed by atoms with van der Waals surface area (Å²) in [6, 6.07) is 14.3. The van der Waals surface area contributed by atoms with Crippen LogP contribution >= 0.6 is 11.6 Å². The third kappa shape index (κ3) is 6.86. The molecule has 0 radical (unpaired) electrons. The summed E-state index contributed by atoms with van der Waals surface area (Å²) in [6.07, 6.45) is -2.90. The summed E-state index contributed by atoms with van der Waals surface area (Å²) in [5.41, 5.74) is -2.89. The summed E-state index contributed by atoms with van der Waals surface area (Å²) >= 11 is 4.06. The van der Waals surface area contributed by atoms with Crippen molar-refractivity contribution in [2.24, 2.45) is 0 Å². The van der Waals surface area contributed by atoms with Crippen LogP contribution < -0.4 is 9.46 Å². The minimum absolute atomic E-state index is 0.0744. The van der Waals surface area contributed by atoms with Gasteiger partial charge in [-0.1, -0.05) is 48.0 Å². The first kappa shape index (κ1) is 29.9. The monoisotopic (exact) mass is 570 g/mol. The van der Waals surface area contributed by atoms with E-state index in [1.165, 1.54) is 25.3 Å². The Morgan fingerprint density at radius 3 is 2.24 bits per heavy atom. The van der Waals surface area contributed by atoms with Gasteiger partial charge < -0.3 is 14.0 Å². The molecule has 0 aliphatic rings. The average Bonchev–Trinajstić information content (AvgIpc) is 2.85. The number of nitrogens with one attached hydrogen (secondary N) is 1. The molecule has 38 heavy (non-hydrogen) atoms. The maximum atomic E-state index is 15.3. The number of hydrogen-bond acceptors (Lipinski definition) is 5. The number of hydrogen-bond donors (Lipinski definition) is 1. The van der Waals surface area contributed by atoms with Gasteiger partial charge in [0.2, 0.25) is 5.54 Å². The van der Waals surface area contributed by atoms with Crippen molar-refractivity contribution in [3.8, 4) is 17.0 Å². The molecule has 0 amide bonds. The number of ether oxygens (including phenoxy) is 2. The van der Waals surface area contributed by atoms with Crippen molar-refractivity contribution in [3.05, 3.63) is 88.8 Å². The van der Waals surface area contributed by atoms with Gasteiger partial charge in [-0.2, -0.15) is 13.2 Å². The van der Waals surface area contributed by atoms with E-state index in [4.69, 9.17) is 21.1 Å². The fourth-order valence-corrected chi connectivity index (χ4v) is 4.52. The number of rotatable bonds is 9. The predicted octanol–water partition coefficient (Wildman–Crippen LogP) is 7.05. The molecule has 1 heterocycles. The Kier molecular flexibility index (Phi) is 9.48. The van der Waals surface area contributed by atoms with Crippen molar-refractivity contribution in [1.29, 1.82) is 0 Å². The van der Waals surface area contributed by atoms with Gasteiger partial charge in [0, 0.05) is 29.6 Å². The van der Waals surface area contributed by atoms with Gasteiger partial charge in [-0.25, -0.2) is 9.37 Å². The van der Waals surface area contributed by atoms with Crippen LogP contribution in [-0.4, -0.2) is 34.4 Å². The second-order valence-electron chi connectivity index (χ2n) is 9.26. The van der Waals surface area contributed by atoms with E-state index >= 15 is 13.2 Å². The smallest absolute Gasteiger partial charge is 0.418 e. The van der Waals surface area contributed by atoms with Crippen molar-refractivity contribution in [1.82, 2.24) is 9.71 Å². The summed E-state index contributed by atoms with van der Waals surface area (Å²) in [6.45, 7) is 4.21. The molecule has 2 unspecified atom stereocenters. The first-order chi connectivity index (χ1) is 17.8. The van der Waals surface area contributed by atoms with Crippen LogP contribution in [0.25, 0.3) is 17.3 Å². The average molecular weight is 571 g/mol. The minimum Gasteiger partial charge on any atom is -0.598 e. The SMILES string of the molecule is COCOc1c(C(/C=C/c2ccccc2)(N[S+]([O-])C(C)(C)C)C(F)(F)F)cc(Cl)nc1-c1ccc(F)cc1. The molecule has 1 aromatic heterocycles. The number of aromatic nitrogens is 1. The van der Waals surface area contributed by atoms with Crippen molar-refractivity contribution in [2.75, 3.05) is 13.9 Å². The molecule has 3 rings (SSSR count). The minimum atomic E-state index is -5.05. The Balaban J connectivity index is 2.40. The molecule has 0 aliphatic carbocycles. The quantitative estimate of drug-likeness (QED) is 0.129. The van der Waals surface area contributed by atoms with Crippen LogP contribution in [0.3, 0.4) is 0 Å². The fraction of sp³-hybridized carbons (Fsp3) is 0.296. The molecule has 0 saturated heterocycles. The highest BCUT2D eigenvalue weighted by Crippen LogP contribution is 2.48. The lowest BCUT2D eigenvalue weighted by Gasteiger charge is -2.38. The van der Waals surface area contributed by atoms with E-state index in [1.54, 1.807) is 51.1 Å². The van der Waals surface area contributed by atoms with Crippen LogP contribution in [0, 0.1) is 5.82 Å². The van der Waals surface area contributed by atoms with Gasteiger partial charge in [0.25, 0.3) is 0 Å². The number of methoxy groups -OCH3 is 1. The van der Waals surface area contributed by atoms with Crippen LogP contribution in [0.5, 0.6) is 5.75 Å². The van der Waals surface area contributed by atoms with E-state index in [2.05, 4.69) is 9.71 Å². The van der Waals surface area contributed by atoms with E-state index in [0.717, 1.165) is 24.3 Å². The second kappa shape index (κ2) is 12.0. The van der Waals surface area contributed by atoms with Gasteiger partial charge in [-0.3, -0.25) is 0 Å². The summed E-state index contributed by atoms with van der Waals surface area (Å²) in [5.74, 6) is -0.871. The third-order valence-electron chi connectivity index (χ3n) is 5.39. The van der Waals surface area contributed by atoms with Crippen LogP contribution in [0.15, 0.2) is 66.7 Å². The zero-order chi connectivity index (χ0) is 28.1. The Hall–Kier alpha value is -2.63. The number of pyridine rings is 1. The molecule has 0 spiro atoms. The second-order valence-corrected chi connectivity index (χ2v) is 11.6. The molecule has 0 fully saturated rings. The topological polar surface area (TPSA) is 66.4 Å². The Bertz CT molecular complexity index is 1250. The molecule has 0 bridgehead atoms. The van der Waals surface area contributed by atoms with Crippen LogP contribution in [0.4, 0.5) is 17.6 Å². The van der Waals surface area contributed by atoms with Crippen molar-refractivity contribution < 1.29 is 31.6 Å². The molecular formula is C27H27ClF4N2O3S. The maximum Gasteiger partial charge on any atom is 0.418 e. The van der Waals surface area contributed by atoms with E-state index in [9.17, 15) is 8.94 Å². The summed E-state index contributed by atoms with van der Waals surface area (Å²) in [7, 11) is 1.31. The van der Waals surface area contributed by atoms with Gasteiger partial charge in [0.05, 0.1) is 0 Å². The first-order valence-electron chi connectivity index (χ1n) is 11.4. The van der Waals surface area contributed by atoms with Crippen LogP contribution in [0.1, 0.15) is 31.9 Å². The molecule has 2 atom stereocenters. The van der Waals surface area contributed by atoms with Crippen LogP contribution in [0.2, 0.25) is 5.15 Å².